The van der Waals surface area contributed by atoms with Crippen molar-refractivity contribution in [2.24, 2.45) is 0 Å². The molecule has 1 atom stereocenters. The summed E-state index contributed by atoms with van der Waals surface area (Å²) in [4.78, 5) is 0. The largest absolute Gasteiger partial charge is 0.378 e. The zero-order chi connectivity index (χ0) is 13.5. The lowest BCUT2D eigenvalue weighted by Crippen LogP contribution is -2.06. The summed E-state index contributed by atoms with van der Waals surface area (Å²) < 4.78 is 1.23. The van der Waals surface area contributed by atoms with Crippen LogP contribution in [0.2, 0.25) is 0 Å². The van der Waals surface area contributed by atoms with Crippen molar-refractivity contribution in [1.82, 2.24) is 10.2 Å². The van der Waals surface area contributed by atoms with Crippen molar-refractivity contribution in [3.63, 3.8) is 0 Å². The van der Waals surface area contributed by atoms with Gasteiger partial charge in [0.15, 0.2) is 0 Å². The first kappa shape index (κ1) is 12.0. The van der Waals surface area contributed by atoms with E-state index in [1.165, 1.54) is 15.6 Å². The van der Waals surface area contributed by atoms with E-state index >= 15 is 0 Å². The van der Waals surface area contributed by atoms with Crippen molar-refractivity contribution in [2.75, 3.05) is 5.32 Å². The number of nitrogens with zero attached hydrogens (tertiary/aromatic N) is 1. The summed E-state index contributed by atoms with van der Waals surface area (Å²) in [5, 5.41) is 11.9. The molecule has 0 amide bonds. The first-order valence-electron chi connectivity index (χ1n) is 6.78. The Kier molecular flexibility index (Phi) is 2.77. The minimum Gasteiger partial charge on any atom is -0.378 e. The van der Waals surface area contributed by atoms with Crippen LogP contribution in [0.3, 0.4) is 0 Å². The second-order valence-electron chi connectivity index (χ2n) is 5.22. The van der Waals surface area contributed by atoms with Gasteiger partial charge in [-0.15, -0.1) is 0 Å². The summed E-state index contributed by atoms with van der Waals surface area (Å²) in [6.45, 7) is 0. The van der Waals surface area contributed by atoms with Gasteiger partial charge in [-0.2, -0.15) is 5.10 Å². The highest BCUT2D eigenvalue weighted by Gasteiger charge is 2.23. The number of aromatic amines is 1. The van der Waals surface area contributed by atoms with Crippen LogP contribution >= 0.6 is 15.9 Å². The number of hydrogen-bond acceptors (Lipinski definition) is 2. The van der Waals surface area contributed by atoms with Crippen LogP contribution in [-0.2, 0) is 6.42 Å². The Bertz CT molecular complexity index is 778. The van der Waals surface area contributed by atoms with Crippen molar-refractivity contribution < 1.29 is 0 Å². The molecule has 0 saturated heterocycles. The SMILES string of the molecule is Brc1cccc2c1CCC2Nc1ccc2cn[nH]c2c1. The van der Waals surface area contributed by atoms with E-state index in [1.54, 1.807) is 0 Å². The van der Waals surface area contributed by atoms with Crippen molar-refractivity contribution in [1.29, 1.82) is 0 Å². The molecule has 1 aromatic heterocycles. The Balaban J connectivity index is 1.66. The van der Waals surface area contributed by atoms with Crippen molar-refractivity contribution in [3.05, 3.63) is 58.2 Å². The van der Waals surface area contributed by atoms with Gasteiger partial charge in [-0.05, 0) is 48.2 Å². The van der Waals surface area contributed by atoms with Crippen molar-refractivity contribution >= 4 is 32.5 Å². The van der Waals surface area contributed by atoms with Crippen LogP contribution in [0.25, 0.3) is 10.9 Å². The van der Waals surface area contributed by atoms with Gasteiger partial charge in [-0.1, -0.05) is 28.1 Å². The van der Waals surface area contributed by atoms with Gasteiger partial charge in [0.1, 0.15) is 0 Å². The number of anilines is 1. The van der Waals surface area contributed by atoms with E-state index < -0.39 is 0 Å². The smallest absolute Gasteiger partial charge is 0.0670 e. The molecule has 0 fully saturated rings. The molecule has 2 N–H and O–H groups in total. The highest BCUT2D eigenvalue weighted by Crippen LogP contribution is 2.37. The second kappa shape index (κ2) is 4.63. The number of H-pyrrole nitrogens is 1. The zero-order valence-corrected chi connectivity index (χ0v) is 12.4. The highest BCUT2D eigenvalue weighted by molar-refractivity contribution is 9.10. The van der Waals surface area contributed by atoms with Gasteiger partial charge in [0.25, 0.3) is 0 Å². The van der Waals surface area contributed by atoms with Gasteiger partial charge in [-0.3, -0.25) is 5.10 Å². The molecule has 3 aromatic rings. The van der Waals surface area contributed by atoms with Crippen LogP contribution in [-0.4, -0.2) is 10.2 Å². The molecule has 1 aliphatic carbocycles. The molecule has 1 unspecified atom stereocenters. The molecule has 0 spiro atoms. The number of fused-ring (bicyclic) bond motifs is 2. The third-order valence-electron chi connectivity index (χ3n) is 4.00. The third kappa shape index (κ3) is 1.91. The van der Waals surface area contributed by atoms with Crippen LogP contribution in [0.5, 0.6) is 0 Å². The average molecular weight is 328 g/mol. The molecule has 4 heteroatoms. The summed E-state index contributed by atoms with van der Waals surface area (Å²) in [5.41, 5.74) is 5.05. The van der Waals surface area contributed by atoms with Gasteiger partial charge < -0.3 is 5.32 Å². The molecule has 100 valence electrons. The highest BCUT2D eigenvalue weighted by atomic mass is 79.9. The molecular weight excluding hydrogens is 314 g/mol. The minimum atomic E-state index is 0.392. The molecule has 0 aliphatic heterocycles. The lowest BCUT2D eigenvalue weighted by atomic mass is 10.1. The molecule has 20 heavy (non-hydrogen) atoms. The van der Waals surface area contributed by atoms with Crippen molar-refractivity contribution in [2.45, 2.75) is 18.9 Å². The third-order valence-corrected chi connectivity index (χ3v) is 4.74. The molecule has 0 saturated carbocycles. The Morgan fingerprint density at radius 3 is 3.15 bits per heavy atom. The predicted octanol–water partition coefficient (Wildman–Crippen LogP) is 4.42. The molecular formula is C16H14BrN3. The first-order valence-corrected chi connectivity index (χ1v) is 7.57. The fourth-order valence-corrected chi connectivity index (χ4v) is 3.57. The topological polar surface area (TPSA) is 40.7 Å². The Hall–Kier alpha value is -1.81. The number of halogens is 1. The zero-order valence-electron chi connectivity index (χ0n) is 10.9. The van der Waals surface area contributed by atoms with Crippen LogP contribution in [0.4, 0.5) is 5.69 Å². The Labute approximate surface area is 125 Å². The predicted molar refractivity (Wildman–Crippen MR) is 84.9 cm³/mol. The Morgan fingerprint density at radius 2 is 2.20 bits per heavy atom. The van der Waals surface area contributed by atoms with E-state index in [0.29, 0.717) is 6.04 Å². The number of rotatable bonds is 2. The van der Waals surface area contributed by atoms with E-state index in [4.69, 9.17) is 0 Å². The van der Waals surface area contributed by atoms with Gasteiger partial charge in [0.2, 0.25) is 0 Å². The molecule has 2 aromatic carbocycles. The van der Waals surface area contributed by atoms with Crippen LogP contribution in [0.1, 0.15) is 23.6 Å². The maximum Gasteiger partial charge on any atom is 0.0670 e. The number of benzene rings is 2. The van der Waals surface area contributed by atoms with Crippen LogP contribution in [0, 0.1) is 0 Å². The van der Waals surface area contributed by atoms with Gasteiger partial charge in [-0.25, -0.2) is 0 Å². The van der Waals surface area contributed by atoms with E-state index in [9.17, 15) is 0 Å². The number of aromatic nitrogens is 2. The van der Waals surface area contributed by atoms with E-state index in [2.05, 4.69) is 67.8 Å². The second-order valence-corrected chi connectivity index (χ2v) is 6.07. The van der Waals surface area contributed by atoms with Crippen molar-refractivity contribution in [3.8, 4) is 0 Å². The summed E-state index contributed by atoms with van der Waals surface area (Å²) in [6.07, 6.45) is 4.11. The number of nitrogens with one attached hydrogen (secondary N) is 2. The van der Waals surface area contributed by atoms with Gasteiger partial charge >= 0.3 is 0 Å². The van der Waals surface area contributed by atoms with E-state index in [-0.39, 0.29) is 0 Å². The van der Waals surface area contributed by atoms with E-state index in [1.807, 2.05) is 6.20 Å². The summed E-state index contributed by atoms with van der Waals surface area (Å²) in [6, 6.07) is 13.2. The van der Waals surface area contributed by atoms with Gasteiger partial charge in [0.05, 0.1) is 17.8 Å². The summed E-state index contributed by atoms with van der Waals surface area (Å²) >= 11 is 3.65. The summed E-state index contributed by atoms with van der Waals surface area (Å²) in [7, 11) is 0. The molecule has 1 aliphatic rings. The average Bonchev–Trinajstić information content (AvgIpc) is 3.06. The van der Waals surface area contributed by atoms with Crippen LogP contribution in [0.15, 0.2) is 47.1 Å². The Morgan fingerprint density at radius 1 is 1.25 bits per heavy atom. The molecule has 3 nitrogen and oxygen atoms in total. The standard InChI is InChI=1S/C16H14BrN3/c17-14-3-1-2-13-12(14)6-7-15(13)19-11-5-4-10-9-18-20-16(10)8-11/h1-5,8-9,15,19H,6-7H2,(H,18,20). The van der Waals surface area contributed by atoms with E-state index in [0.717, 1.165) is 29.4 Å². The molecule has 0 radical (unpaired) electrons. The quantitative estimate of drug-likeness (QED) is 0.731. The first-order chi connectivity index (χ1) is 9.81. The minimum absolute atomic E-state index is 0.392. The fraction of sp³-hybridized carbons (Fsp3) is 0.188. The molecule has 0 bridgehead atoms. The monoisotopic (exact) mass is 327 g/mol. The molecule has 4 rings (SSSR count). The van der Waals surface area contributed by atoms with Gasteiger partial charge in [0, 0.05) is 15.5 Å². The maximum absolute atomic E-state index is 4.06. The normalized spacial score (nSPS) is 17.4. The lowest BCUT2D eigenvalue weighted by molar-refractivity contribution is 0.762. The maximum atomic E-state index is 4.06. The summed E-state index contributed by atoms with van der Waals surface area (Å²) in [5.74, 6) is 0. The lowest BCUT2D eigenvalue weighted by Gasteiger charge is -2.15. The number of hydrogen-bond donors (Lipinski definition) is 2. The molecule has 1 heterocycles. The van der Waals surface area contributed by atoms with Crippen LogP contribution < -0.4 is 5.32 Å². The fourth-order valence-electron chi connectivity index (χ4n) is 2.99.